The summed E-state index contributed by atoms with van der Waals surface area (Å²) in [5, 5.41) is 17.1. The van der Waals surface area contributed by atoms with E-state index in [-0.39, 0.29) is 16.9 Å². The smallest absolute Gasteiger partial charge is 0.273 e. The highest BCUT2D eigenvalue weighted by Gasteiger charge is 2.26. The van der Waals surface area contributed by atoms with Crippen molar-refractivity contribution in [2.24, 2.45) is 0 Å². The van der Waals surface area contributed by atoms with Crippen LogP contribution in [0.1, 0.15) is 47.8 Å². The number of nitro benzene ring substituents is 1. The van der Waals surface area contributed by atoms with Crippen LogP contribution in [-0.2, 0) is 18.4 Å². The lowest BCUT2D eigenvalue weighted by atomic mass is 9.85. The molecule has 7 heteroatoms. The van der Waals surface area contributed by atoms with Crippen LogP contribution in [0.5, 0.6) is 0 Å². The first-order valence-electron chi connectivity index (χ1n) is 8.79. The SMILES string of the molecule is CC(C)(C)c1ccc(C(=O)Nc2ccc3c(c2F)CCNC3)cc1[N+](=O)[O-]. The molecule has 0 aliphatic carbocycles. The molecule has 2 aromatic carbocycles. The molecule has 0 aromatic heterocycles. The monoisotopic (exact) mass is 371 g/mol. The third-order valence-corrected chi connectivity index (χ3v) is 4.72. The number of fused-ring (bicyclic) bond motifs is 1. The van der Waals surface area contributed by atoms with Gasteiger partial charge in [-0.2, -0.15) is 0 Å². The number of nitro groups is 1. The maximum Gasteiger partial charge on any atom is 0.273 e. The predicted octanol–water partition coefficient (Wildman–Crippen LogP) is 3.93. The molecule has 1 aliphatic heterocycles. The van der Waals surface area contributed by atoms with E-state index in [1.54, 1.807) is 12.1 Å². The Bertz CT molecular complexity index is 919. The second-order valence-corrected chi connectivity index (χ2v) is 7.68. The number of halogens is 1. The van der Waals surface area contributed by atoms with Crippen LogP contribution in [0.3, 0.4) is 0 Å². The highest BCUT2D eigenvalue weighted by atomic mass is 19.1. The summed E-state index contributed by atoms with van der Waals surface area (Å²) in [7, 11) is 0. The van der Waals surface area contributed by atoms with Crippen molar-refractivity contribution in [1.82, 2.24) is 5.32 Å². The molecule has 0 radical (unpaired) electrons. The number of hydrogen-bond donors (Lipinski definition) is 2. The molecule has 0 atom stereocenters. The number of carbonyl (C=O) groups is 1. The molecule has 1 amide bonds. The van der Waals surface area contributed by atoms with Gasteiger partial charge in [-0.05, 0) is 41.6 Å². The molecule has 2 aromatic rings. The minimum absolute atomic E-state index is 0.0863. The minimum atomic E-state index is -0.577. The summed E-state index contributed by atoms with van der Waals surface area (Å²) in [4.78, 5) is 23.5. The first-order valence-corrected chi connectivity index (χ1v) is 8.79. The van der Waals surface area contributed by atoms with Crippen LogP contribution >= 0.6 is 0 Å². The van der Waals surface area contributed by atoms with E-state index in [1.165, 1.54) is 18.2 Å². The fraction of sp³-hybridized carbons (Fsp3) is 0.350. The molecule has 1 heterocycles. The van der Waals surface area contributed by atoms with Gasteiger partial charge in [-0.3, -0.25) is 14.9 Å². The third kappa shape index (κ3) is 3.83. The van der Waals surface area contributed by atoms with Crippen molar-refractivity contribution in [3.63, 3.8) is 0 Å². The molecule has 142 valence electrons. The normalized spacial score (nSPS) is 13.8. The average Bonchev–Trinajstić information content (AvgIpc) is 2.63. The number of nitrogens with one attached hydrogen (secondary N) is 2. The van der Waals surface area contributed by atoms with E-state index >= 15 is 0 Å². The highest BCUT2D eigenvalue weighted by molar-refractivity contribution is 6.04. The Balaban J connectivity index is 1.91. The standard InChI is InChI=1S/C20H22FN3O3/c1-20(2,3)15-6-4-12(10-17(15)24(26)27)19(25)23-16-7-5-13-11-22-9-8-14(13)18(16)21/h4-7,10,22H,8-9,11H2,1-3H3,(H,23,25). The van der Waals surface area contributed by atoms with Crippen LogP contribution in [0.25, 0.3) is 0 Å². The predicted molar refractivity (Wildman–Crippen MR) is 102 cm³/mol. The molecule has 0 fully saturated rings. The number of nitrogens with zero attached hydrogens (tertiary/aromatic N) is 1. The summed E-state index contributed by atoms with van der Waals surface area (Å²) in [5.74, 6) is -1.02. The van der Waals surface area contributed by atoms with Crippen LogP contribution in [0.4, 0.5) is 15.8 Å². The van der Waals surface area contributed by atoms with Gasteiger partial charge in [0, 0.05) is 23.7 Å². The summed E-state index contributed by atoms with van der Waals surface area (Å²) in [6.07, 6.45) is 0.552. The summed E-state index contributed by atoms with van der Waals surface area (Å²) in [6.45, 7) is 6.88. The second-order valence-electron chi connectivity index (χ2n) is 7.68. The summed E-state index contributed by atoms with van der Waals surface area (Å²) in [5.41, 5.74) is 1.67. The maximum atomic E-state index is 14.7. The van der Waals surface area contributed by atoms with Gasteiger partial charge in [0.1, 0.15) is 5.82 Å². The maximum absolute atomic E-state index is 14.7. The molecule has 1 aliphatic rings. The molecule has 0 saturated carbocycles. The number of anilines is 1. The van der Waals surface area contributed by atoms with Crippen LogP contribution in [0.15, 0.2) is 30.3 Å². The van der Waals surface area contributed by atoms with E-state index in [4.69, 9.17) is 0 Å². The molecule has 0 bridgehead atoms. The van der Waals surface area contributed by atoms with Crippen LogP contribution in [0.2, 0.25) is 0 Å². The van der Waals surface area contributed by atoms with Crippen molar-refractivity contribution in [3.8, 4) is 0 Å². The molecular weight excluding hydrogens is 349 g/mol. The molecular formula is C20H22FN3O3. The van der Waals surface area contributed by atoms with E-state index < -0.39 is 22.1 Å². The zero-order valence-electron chi connectivity index (χ0n) is 15.6. The molecule has 0 spiro atoms. The zero-order chi connectivity index (χ0) is 19.8. The molecule has 0 unspecified atom stereocenters. The lowest BCUT2D eigenvalue weighted by Gasteiger charge is -2.20. The van der Waals surface area contributed by atoms with E-state index in [2.05, 4.69) is 10.6 Å². The minimum Gasteiger partial charge on any atom is -0.319 e. The van der Waals surface area contributed by atoms with Crippen molar-refractivity contribution in [1.29, 1.82) is 0 Å². The van der Waals surface area contributed by atoms with Crippen LogP contribution < -0.4 is 10.6 Å². The van der Waals surface area contributed by atoms with Gasteiger partial charge in [-0.15, -0.1) is 0 Å². The summed E-state index contributed by atoms with van der Waals surface area (Å²) >= 11 is 0. The van der Waals surface area contributed by atoms with Gasteiger partial charge in [-0.25, -0.2) is 4.39 Å². The van der Waals surface area contributed by atoms with Gasteiger partial charge in [0.2, 0.25) is 0 Å². The van der Waals surface area contributed by atoms with E-state index in [0.717, 1.165) is 5.56 Å². The Hall–Kier alpha value is -2.80. The molecule has 3 rings (SSSR count). The van der Waals surface area contributed by atoms with Crippen LogP contribution in [-0.4, -0.2) is 17.4 Å². The van der Waals surface area contributed by atoms with Gasteiger partial charge >= 0.3 is 0 Å². The molecule has 2 N–H and O–H groups in total. The van der Waals surface area contributed by atoms with Crippen molar-refractivity contribution >= 4 is 17.3 Å². The third-order valence-electron chi connectivity index (χ3n) is 4.72. The Morgan fingerprint density at radius 3 is 2.67 bits per heavy atom. The number of rotatable bonds is 3. The Kier molecular flexibility index (Phi) is 4.97. The average molecular weight is 371 g/mol. The van der Waals surface area contributed by atoms with Crippen molar-refractivity contribution in [2.45, 2.75) is 39.2 Å². The molecule has 0 saturated heterocycles. The van der Waals surface area contributed by atoms with Crippen molar-refractivity contribution in [3.05, 3.63) is 68.5 Å². The van der Waals surface area contributed by atoms with E-state index in [0.29, 0.717) is 30.6 Å². The first-order chi connectivity index (χ1) is 12.7. The Labute approximate surface area is 156 Å². The second kappa shape index (κ2) is 7.08. The molecule has 27 heavy (non-hydrogen) atoms. The van der Waals surface area contributed by atoms with Crippen LogP contribution in [0, 0.1) is 15.9 Å². The number of hydrogen-bond acceptors (Lipinski definition) is 4. The van der Waals surface area contributed by atoms with E-state index in [1.807, 2.05) is 20.8 Å². The first kappa shape index (κ1) is 19.0. The number of carbonyl (C=O) groups excluding carboxylic acids is 1. The summed E-state index contributed by atoms with van der Waals surface area (Å²) < 4.78 is 14.7. The highest BCUT2D eigenvalue weighted by Crippen LogP contribution is 2.32. The van der Waals surface area contributed by atoms with Gasteiger partial charge in [0.25, 0.3) is 11.6 Å². The topological polar surface area (TPSA) is 84.3 Å². The summed E-state index contributed by atoms with van der Waals surface area (Å²) in [6, 6.07) is 7.67. The fourth-order valence-corrected chi connectivity index (χ4v) is 3.28. The quantitative estimate of drug-likeness (QED) is 0.632. The van der Waals surface area contributed by atoms with E-state index in [9.17, 15) is 19.3 Å². The lowest BCUT2D eigenvalue weighted by Crippen LogP contribution is -2.25. The number of amides is 1. The Morgan fingerprint density at radius 1 is 1.26 bits per heavy atom. The molecule has 6 nitrogen and oxygen atoms in total. The zero-order valence-corrected chi connectivity index (χ0v) is 15.6. The van der Waals surface area contributed by atoms with Crippen molar-refractivity contribution < 1.29 is 14.1 Å². The lowest BCUT2D eigenvalue weighted by molar-refractivity contribution is -0.386. The van der Waals surface area contributed by atoms with Crippen molar-refractivity contribution in [2.75, 3.05) is 11.9 Å². The fourth-order valence-electron chi connectivity index (χ4n) is 3.28. The van der Waals surface area contributed by atoms with Gasteiger partial charge in [-0.1, -0.05) is 32.9 Å². The van der Waals surface area contributed by atoms with Gasteiger partial charge in [0.15, 0.2) is 0 Å². The number of benzene rings is 2. The van der Waals surface area contributed by atoms with Gasteiger partial charge < -0.3 is 10.6 Å². The Morgan fingerprint density at radius 2 is 2.00 bits per heavy atom. The largest absolute Gasteiger partial charge is 0.319 e. The van der Waals surface area contributed by atoms with Gasteiger partial charge in [0.05, 0.1) is 10.6 Å².